The molecule has 124 valence electrons. The van der Waals surface area contributed by atoms with E-state index in [4.69, 9.17) is 21.4 Å². The zero-order chi connectivity index (χ0) is 17.3. The summed E-state index contributed by atoms with van der Waals surface area (Å²) in [6.45, 7) is 1.93. The van der Waals surface area contributed by atoms with E-state index in [2.05, 4.69) is 21.0 Å². The van der Waals surface area contributed by atoms with Crippen molar-refractivity contribution in [3.8, 4) is 22.1 Å². The van der Waals surface area contributed by atoms with E-state index in [-0.39, 0.29) is 5.88 Å². The van der Waals surface area contributed by atoms with Gasteiger partial charge in [-0.1, -0.05) is 18.5 Å². The van der Waals surface area contributed by atoms with Crippen LogP contribution in [-0.2, 0) is 6.42 Å². The van der Waals surface area contributed by atoms with Gasteiger partial charge in [-0.25, -0.2) is 9.48 Å². The maximum Gasteiger partial charge on any atom is 0.512 e. The van der Waals surface area contributed by atoms with Gasteiger partial charge in [-0.05, 0) is 52.7 Å². The summed E-state index contributed by atoms with van der Waals surface area (Å²) in [5.74, 6) is 0.0967. The molecule has 0 spiro atoms. The van der Waals surface area contributed by atoms with Crippen molar-refractivity contribution < 1.29 is 14.6 Å². The molecule has 2 heterocycles. The number of ether oxygens (including phenoxy) is 1. The first-order valence-electron chi connectivity index (χ1n) is 7.02. The maximum atomic E-state index is 11.0. The van der Waals surface area contributed by atoms with E-state index in [0.29, 0.717) is 11.4 Å². The smallest absolute Gasteiger partial charge is 0.449 e. The van der Waals surface area contributed by atoms with Crippen molar-refractivity contribution in [2.75, 3.05) is 0 Å². The van der Waals surface area contributed by atoms with Gasteiger partial charge in [0.1, 0.15) is 0 Å². The van der Waals surface area contributed by atoms with Crippen LogP contribution in [0.5, 0.6) is 5.88 Å². The van der Waals surface area contributed by atoms with Crippen molar-refractivity contribution in [3.63, 3.8) is 0 Å². The van der Waals surface area contributed by atoms with Crippen LogP contribution in [0.4, 0.5) is 4.79 Å². The monoisotopic (exact) mass is 426 g/mol. The second-order valence-corrected chi connectivity index (χ2v) is 7.13. The average Bonchev–Trinajstić information content (AvgIpc) is 3.10. The van der Waals surface area contributed by atoms with E-state index < -0.39 is 6.16 Å². The van der Waals surface area contributed by atoms with Gasteiger partial charge in [0.2, 0.25) is 5.88 Å². The normalized spacial score (nSPS) is 10.8. The van der Waals surface area contributed by atoms with Gasteiger partial charge in [0.25, 0.3) is 0 Å². The number of carboxylic acid groups (broad SMARTS) is 1. The van der Waals surface area contributed by atoms with Crippen LogP contribution in [0, 0.1) is 0 Å². The fourth-order valence-corrected chi connectivity index (χ4v) is 3.98. The predicted molar refractivity (Wildman–Crippen MR) is 97.6 cm³/mol. The Morgan fingerprint density at radius 3 is 2.67 bits per heavy atom. The lowest BCUT2D eigenvalue weighted by atomic mass is 10.1. The standard InChI is InChI=1S/C16H12BrClN2O3S/c1-2-12-14(13-7-9(17)8-24-13)20(19-15(12)23-16(21)22)11-5-3-10(18)4-6-11/h3-8H,2H2,1H3,(H,21,22). The molecule has 24 heavy (non-hydrogen) atoms. The fourth-order valence-electron chi connectivity index (χ4n) is 2.37. The lowest BCUT2D eigenvalue weighted by molar-refractivity contribution is 0.142. The van der Waals surface area contributed by atoms with Crippen LogP contribution in [0.15, 0.2) is 40.2 Å². The topological polar surface area (TPSA) is 64.3 Å². The molecule has 2 aromatic heterocycles. The lowest BCUT2D eigenvalue weighted by Crippen LogP contribution is -2.05. The number of carbonyl (C=O) groups is 1. The van der Waals surface area contributed by atoms with Gasteiger partial charge in [0.15, 0.2) is 0 Å². The molecule has 8 heteroatoms. The molecule has 0 saturated heterocycles. The number of hydrogen-bond acceptors (Lipinski definition) is 4. The van der Waals surface area contributed by atoms with Crippen LogP contribution in [0.3, 0.4) is 0 Å². The molecule has 0 atom stereocenters. The summed E-state index contributed by atoms with van der Waals surface area (Å²) in [5.41, 5.74) is 2.32. The number of rotatable bonds is 4. The molecular formula is C16H12BrClN2O3S. The molecule has 0 amide bonds. The number of nitrogens with zero attached hydrogens (tertiary/aromatic N) is 2. The van der Waals surface area contributed by atoms with Crippen molar-refractivity contribution >= 4 is 45.0 Å². The van der Waals surface area contributed by atoms with Gasteiger partial charge in [0.05, 0.1) is 16.3 Å². The molecule has 0 aliphatic carbocycles. The van der Waals surface area contributed by atoms with Gasteiger partial charge in [0, 0.05) is 20.4 Å². The quantitative estimate of drug-likeness (QED) is 0.548. The minimum absolute atomic E-state index is 0.0967. The molecule has 5 nitrogen and oxygen atoms in total. The summed E-state index contributed by atoms with van der Waals surface area (Å²) in [6.07, 6.45) is -0.800. The molecule has 0 aliphatic heterocycles. The molecule has 1 N–H and O–H groups in total. The molecule has 0 fully saturated rings. The Balaban J connectivity index is 2.24. The Morgan fingerprint density at radius 2 is 2.12 bits per heavy atom. The van der Waals surface area contributed by atoms with Crippen molar-refractivity contribution in [2.45, 2.75) is 13.3 Å². The number of aromatic nitrogens is 2. The Labute approximate surface area is 155 Å². The largest absolute Gasteiger partial charge is 0.512 e. The average molecular weight is 428 g/mol. The summed E-state index contributed by atoms with van der Waals surface area (Å²) in [7, 11) is 0. The maximum absolute atomic E-state index is 11.0. The molecule has 3 rings (SSSR count). The summed E-state index contributed by atoms with van der Waals surface area (Å²) in [5, 5.41) is 15.9. The molecule has 1 aromatic carbocycles. The highest BCUT2D eigenvalue weighted by molar-refractivity contribution is 9.10. The zero-order valence-electron chi connectivity index (χ0n) is 12.5. The predicted octanol–water partition coefficient (Wildman–Crippen LogP) is 5.64. The van der Waals surface area contributed by atoms with E-state index in [1.807, 2.05) is 30.5 Å². The van der Waals surface area contributed by atoms with Crippen LogP contribution in [0.2, 0.25) is 5.02 Å². The molecule has 0 radical (unpaired) electrons. The van der Waals surface area contributed by atoms with Gasteiger partial charge in [-0.3, -0.25) is 0 Å². The summed E-state index contributed by atoms with van der Waals surface area (Å²) in [6, 6.07) is 9.14. The lowest BCUT2D eigenvalue weighted by Gasteiger charge is -2.07. The van der Waals surface area contributed by atoms with Crippen molar-refractivity contribution in [2.24, 2.45) is 0 Å². The van der Waals surface area contributed by atoms with Gasteiger partial charge in [-0.2, -0.15) is 0 Å². The minimum atomic E-state index is -1.38. The molecule has 0 aliphatic rings. The Hall–Kier alpha value is -1.83. The Kier molecular flexibility index (Phi) is 4.93. The van der Waals surface area contributed by atoms with E-state index in [9.17, 15) is 4.79 Å². The van der Waals surface area contributed by atoms with Crippen LogP contribution >= 0.6 is 38.9 Å². The molecule has 0 unspecified atom stereocenters. The highest BCUT2D eigenvalue weighted by Gasteiger charge is 2.23. The molecule has 0 bridgehead atoms. The van der Waals surface area contributed by atoms with Gasteiger partial charge < -0.3 is 9.84 Å². The highest BCUT2D eigenvalue weighted by atomic mass is 79.9. The third-order valence-electron chi connectivity index (χ3n) is 3.36. The third-order valence-corrected chi connectivity index (χ3v) is 5.31. The summed E-state index contributed by atoms with van der Waals surface area (Å²) < 4.78 is 7.52. The summed E-state index contributed by atoms with van der Waals surface area (Å²) in [4.78, 5) is 11.9. The SMILES string of the molecule is CCc1c(OC(=O)O)nn(-c2ccc(Cl)cc2)c1-c1cc(Br)cs1. The van der Waals surface area contributed by atoms with Crippen LogP contribution in [0.25, 0.3) is 16.3 Å². The number of thiophene rings is 1. The Bertz CT molecular complexity index is 889. The molecular weight excluding hydrogens is 416 g/mol. The second-order valence-electron chi connectivity index (χ2n) is 4.87. The number of hydrogen-bond donors (Lipinski definition) is 1. The zero-order valence-corrected chi connectivity index (χ0v) is 15.7. The third kappa shape index (κ3) is 3.33. The highest BCUT2D eigenvalue weighted by Crippen LogP contribution is 2.38. The first-order chi connectivity index (χ1) is 11.5. The van der Waals surface area contributed by atoms with Crippen molar-refractivity contribution in [1.29, 1.82) is 0 Å². The van der Waals surface area contributed by atoms with E-state index in [1.54, 1.807) is 16.8 Å². The second kappa shape index (κ2) is 6.96. The van der Waals surface area contributed by atoms with Crippen LogP contribution in [-0.4, -0.2) is 21.0 Å². The molecule has 3 aromatic rings. The minimum Gasteiger partial charge on any atom is -0.449 e. The van der Waals surface area contributed by atoms with Crippen LogP contribution < -0.4 is 4.74 Å². The number of benzene rings is 1. The Morgan fingerprint density at radius 1 is 1.42 bits per heavy atom. The van der Waals surface area contributed by atoms with Gasteiger partial charge in [-0.15, -0.1) is 16.4 Å². The first-order valence-corrected chi connectivity index (χ1v) is 9.07. The molecule has 0 saturated carbocycles. The van der Waals surface area contributed by atoms with Crippen molar-refractivity contribution in [3.05, 3.63) is 50.8 Å². The first kappa shape index (κ1) is 17.0. The van der Waals surface area contributed by atoms with E-state index >= 15 is 0 Å². The van der Waals surface area contributed by atoms with Crippen molar-refractivity contribution in [1.82, 2.24) is 9.78 Å². The number of halogens is 2. The van der Waals surface area contributed by atoms with Crippen LogP contribution in [0.1, 0.15) is 12.5 Å². The van der Waals surface area contributed by atoms with E-state index in [1.165, 1.54) is 11.3 Å². The summed E-state index contributed by atoms with van der Waals surface area (Å²) >= 11 is 10.9. The fraction of sp³-hybridized carbons (Fsp3) is 0.125. The van der Waals surface area contributed by atoms with Gasteiger partial charge >= 0.3 is 6.16 Å². The van der Waals surface area contributed by atoms with E-state index in [0.717, 1.165) is 26.3 Å².